The quantitative estimate of drug-likeness (QED) is 0.140. The Hall–Kier alpha value is -2.04. The second-order valence-corrected chi connectivity index (χ2v) is 16.5. The second kappa shape index (κ2) is 20.1. The minimum atomic E-state index is -1.16. The number of rotatable bonds is 19. The van der Waals surface area contributed by atoms with E-state index >= 15 is 0 Å². The first-order valence-electron chi connectivity index (χ1n) is 20.3. The fraction of sp³-hybridized carbons (Fsp3) is 0.810. The van der Waals surface area contributed by atoms with Gasteiger partial charge in [0.25, 0.3) is 0 Å². The fourth-order valence-electron chi connectivity index (χ4n) is 9.38. The number of aliphatic hydroxyl groups is 4. The van der Waals surface area contributed by atoms with E-state index in [1.54, 1.807) is 7.11 Å². The number of methoxy groups -OCH3 is 2. The van der Waals surface area contributed by atoms with Crippen LogP contribution in [-0.4, -0.2) is 138 Å². The van der Waals surface area contributed by atoms with Crippen LogP contribution in [0.1, 0.15) is 97.3 Å². The van der Waals surface area contributed by atoms with Crippen molar-refractivity contribution in [3.05, 3.63) is 36.6 Å². The SMILES string of the molecule is C=C1C[C@@H](C)C(=C)C(C[C@@H]2OC(CC(O)CO)[C@H](OC)C2CC(=O)CC2CCC[C@@H](C(O)C3OC(CC(=O)CCC4CC(=C)[C@H](CC)O4)C(O)C3OC)O2)O1. The number of hydrogen-bond acceptors (Lipinski definition) is 13. The van der Waals surface area contributed by atoms with E-state index in [2.05, 4.69) is 26.7 Å². The van der Waals surface area contributed by atoms with Gasteiger partial charge in [-0.2, -0.15) is 0 Å². The van der Waals surface area contributed by atoms with Crippen molar-refractivity contribution in [1.82, 2.24) is 0 Å². The van der Waals surface area contributed by atoms with E-state index in [9.17, 15) is 30.0 Å². The van der Waals surface area contributed by atoms with Gasteiger partial charge in [0.2, 0.25) is 0 Å². The molecule has 13 nitrogen and oxygen atoms in total. The van der Waals surface area contributed by atoms with Crippen molar-refractivity contribution in [2.75, 3.05) is 20.8 Å². The highest BCUT2D eigenvalue weighted by atomic mass is 16.6. The molecule has 0 radical (unpaired) electrons. The molecule has 0 aliphatic carbocycles. The fourth-order valence-corrected chi connectivity index (χ4v) is 9.38. The molecule has 5 heterocycles. The van der Waals surface area contributed by atoms with Gasteiger partial charge in [0.15, 0.2) is 0 Å². The normalized spacial score (nSPS) is 39.3. The Kier molecular flexibility index (Phi) is 16.1. The first-order valence-corrected chi connectivity index (χ1v) is 20.3. The van der Waals surface area contributed by atoms with Gasteiger partial charge in [-0.1, -0.05) is 33.6 Å². The van der Waals surface area contributed by atoms with Crippen LogP contribution in [0.2, 0.25) is 0 Å². The molecule has 13 heteroatoms. The number of ketones is 2. The molecule has 4 N–H and O–H groups in total. The number of allylic oxidation sites excluding steroid dienone is 1. The van der Waals surface area contributed by atoms with Crippen LogP contribution in [0.4, 0.5) is 0 Å². The average Bonchev–Trinajstić information content (AvgIpc) is 3.79. The van der Waals surface area contributed by atoms with Crippen LogP contribution in [0.25, 0.3) is 0 Å². The van der Waals surface area contributed by atoms with Gasteiger partial charge in [-0.3, -0.25) is 9.59 Å². The molecule has 0 spiro atoms. The van der Waals surface area contributed by atoms with Crippen LogP contribution in [-0.2, 0) is 42.7 Å². The molecule has 55 heavy (non-hydrogen) atoms. The van der Waals surface area contributed by atoms with E-state index in [-0.39, 0.29) is 73.8 Å². The summed E-state index contributed by atoms with van der Waals surface area (Å²) in [4.78, 5) is 26.8. The van der Waals surface area contributed by atoms with Crippen LogP contribution in [0, 0.1) is 11.8 Å². The van der Waals surface area contributed by atoms with Gasteiger partial charge in [0.1, 0.15) is 42.1 Å². The van der Waals surface area contributed by atoms with Crippen molar-refractivity contribution in [2.45, 2.75) is 183 Å². The first-order chi connectivity index (χ1) is 26.3. The highest BCUT2D eigenvalue weighted by molar-refractivity contribution is 5.79. The zero-order chi connectivity index (χ0) is 40.0. The van der Waals surface area contributed by atoms with Gasteiger partial charge in [-0.15, -0.1) is 0 Å². The second-order valence-electron chi connectivity index (χ2n) is 16.5. The predicted octanol–water partition coefficient (Wildman–Crippen LogP) is 3.67. The van der Waals surface area contributed by atoms with Gasteiger partial charge in [-0.25, -0.2) is 0 Å². The van der Waals surface area contributed by atoms with Crippen LogP contribution >= 0.6 is 0 Å². The Morgan fingerprint density at radius 3 is 2.29 bits per heavy atom. The molecule has 0 aromatic rings. The van der Waals surface area contributed by atoms with Gasteiger partial charge in [0.05, 0.1) is 67.3 Å². The maximum Gasteiger partial charge on any atom is 0.135 e. The van der Waals surface area contributed by atoms with Crippen molar-refractivity contribution in [3.8, 4) is 0 Å². The monoisotopic (exact) mass is 778 g/mol. The Labute approximate surface area is 326 Å². The number of aliphatic hydroxyl groups excluding tert-OH is 4. The van der Waals surface area contributed by atoms with E-state index in [1.165, 1.54) is 7.11 Å². The Balaban J connectivity index is 1.16. The van der Waals surface area contributed by atoms with Crippen molar-refractivity contribution >= 4 is 11.6 Å². The molecule has 5 rings (SSSR count). The molecule has 5 saturated heterocycles. The third kappa shape index (κ3) is 10.9. The molecule has 5 fully saturated rings. The number of hydrogen-bond donors (Lipinski definition) is 4. The number of ether oxygens (including phenoxy) is 7. The number of carbonyl (C=O) groups is 2. The van der Waals surface area contributed by atoms with E-state index in [0.29, 0.717) is 44.3 Å². The van der Waals surface area contributed by atoms with Crippen molar-refractivity contribution < 1.29 is 63.2 Å². The van der Waals surface area contributed by atoms with Crippen LogP contribution in [0.5, 0.6) is 0 Å². The molecule has 0 bridgehead atoms. The van der Waals surface area contributed by atoms with E-state index in [4.69, 9.17) is 33.2 Å². The zero-order valence-electron chi connectivity index (χ0n) is 33.2. The third-order valence-electron chi connectivity index (χ3n) is 12.4. The number of Topliss-reactive ketones (excluding diaryl/α,β-unsaturated/α-hetero) is 2. The van der Waals surface area contributed by atoms with Crippen molar-refractivity contribution in [1.29, 1.82) is 0 Å². The molecule has 312 valence electrons. The topological polar surface area (TPSA) is 180 Å². The molecule has 0 aromatic carbocycles. The minimum absolute atomic E-state index is 0.0132. The maximum atomic E-state index is 13.8. The molecule has 0 aromatic heterocycles. The smallest absolute Gasteiger partial charge is 0.135 e. The summed E-state index contributed by atoms with van der Waals surface area (Å²) >= 11 is 0. The summed E-state index contributed by atoms with van der Waals surface area (Å²) in [5.74, 6) is 0.400. The van der Waals surface area contributed by atoms with E-state index in [1.807, 2.05) is 6.92 Å². The maximum absolute atomic E-state index is 13.8. The lowest BCUT2D eigenvalue weighted by atomic mass is 9.82. The van der Waals surface area contributed by atoms with Gasteiger partial charge < -0.3 is 53.6 Å². The molecule has 0 saturated carbocycles. The summed E-state index contributed by atoms with van der Waals surface area (Å²) in [6.45, 7) is 16.1. The Morgan fingerprint density at radius 1 is 0.873 bits per heavy atom. The molecule has 5 aliphatic heterocycles. The summed E-state index contributed by atoms with van der Waals surface area (Å²) in [5, 5.41) is 42.5. The lowest BCUT2D eigenvalue weighted by Gasteiger charge is -2.36. The minimum Gasteiger partial charge on any atom is -0.491 e. The van der Waals surface area contributed by atoms with Gasteiger partial charge >= 0.3 is 0 Å². The molecule has 0 amide bonds. The molecular formula is C42H66O13. The lowest BCUT2D eigenvalue weighted by molar-refractivity contribution is -0.164. The Morgan fingerprint density at radius 2 is 1.62 bits per heavy atom. The van der Waals surface area contributed by atoms with Gasteiger partial charge in [0, 0.05) is 65.1 Å². The summed E-state index contributed by atoms with van der Waals surface area (Å²) in [6, 6.07) is 0. The molecule has 16 atom stereocenters. The summed E-state index contributed by atoms with van der Waals surface area (Å²) < 4.78 is 42.5. The highest BCUT2D eigenvalue weighted by Gasteiger charge is 2.51. The summed E-state index contributed by atoms with van der Waals surface area (Å²) in [5.41, 5.74) is 2.00. The summed E-state index contributed by atoms with van der Waals surface area (Å²) in [6.07, 6.45) is -3.01. The number of carbonyl (C=O) groups excluding carboxylic acids is 2. The van der Waals surface area contributed by atoms with Crippen LogP contribution in [0.3, 0.4) is 0 Å². The Bertz CT molecular complexity index is 1340. The molecule has 5 aliphatic rings. The van der Waals surface area contributed by atoms with Crippen molar-refractivity contribution in [2.24, 2.45) is 11.8 Å². The largest absolute Gasteiger partial charge is 0.491 e. The van der Waals surface area contributed by atoms with E-state index < -0.39 is 73.8 Å². The third-order valence-corrected chi connectivity index (χ3v) is 12.4. The van der Waals surface area contributed by atoms with Crippen molar-refractivity contribution in [3.63, 3.8) is 0 Å². The van der Waals surface area contributed by atoms with Crippen LogP contribution < -0.4 is 0 Å². The average molecular weight is 779 g/mol. The van der Waals surface area contributed by atoms with E-state index in [0.717, 1.165) is 24.0 Å². The lowest BCUT2D eigenvalue weighted by Crippen LogP contribution is -2.49. The molecule has 11 unspecified atom stereocenters. The zero-order valence-corrected chi connectivity index (χ0v) is 33.2. The first kappa shape index (κ1) is 44.1. The van der Waals surface area contributed by atoms with Gasteiger partial charge in [-0.05, 0) is 55.6 Å². The summed E-state index contributed by atoms with van der Waals surface area (Å²) in [7, 11) is 3.00. The highest BCUT2D eigenvalue weighted by Crippen LogP contribution is 2.41. The molecular weight excluding hydrogens is 712 g/mol. The van der Waals surface area contributed by atoms with Crippen LogP contribution in [0.15, 0.2) is 36.6 Å². The standard InChI is InChI=1S/C42H66O13/c1-8-32-23(3)15-30(52-32)13-12-26(44)18-36-39(48)41(50-7)42(55-36)38(47)33-11-9-10-29(53-33)16-27(45)17-31-35(20-34-25(5)22(2)14-24(4)51-34)54-37(40(31)49-6)19-28(46)21-43/h22,28-43,46-48H,3-5,8-21H2,1-2,6-7H3/t22-,28?,29?,30?,31?,32+,33+,34?,35+,36?,37?,38?,39?,40-,41?,42?/m1/s1. The predicted molar refractivity (Wildman–Crippen MR) is 202 cm³/mol.